The zero-order valence-corrected chi connectivity index (χ0v) is 11.8. The van der Waals surface area contributed by atoms with Crippen LogP contribution in [-0.4, -0.2) is 38.7 Å². The van der Waals surface area contributed by atoms with E-state index in [1.165, 1.54) is 18.2 Å². The molecule has 1 aliphatic rings. The van der Waals surface area contributed by atoms with Crippen LogP contribution in [-0.2, 0) is 13.8 Å². The van der Waals surface area contributed by atoms with Crippen molar-refractivity contribution in [3.8, 4) is 5.88 Å². The average molecular weight is 305 g/mol. The van der Waals surface area contributed by atoms with Gasteiger partial charge in [0.2, 0.25) is 20.8 Å². The molecule has 1 aromatic rings. The number of hydrogen-bond acceptors (Lipinski definition) is 5. The minimum Gasteiger partial charge on any atom is -0.481 e. The largest absolute Gasteiger partial charge is 0.481 e. The molecule has 2 rings (SSSR count). The van der Waals surface area contributed by atoms with E-state index in [1.807, 2.05) is 0 Å². The van der Waals surface area contributed by atoms with Gasteiger partial charge in [-0.25, -0.2) is 13.4 Å². The van der Waals surface area contributed by atoms with Crippen molar-refractivity contribution in [2.45, 2.75) is 6.42 Å². The Morgan fingerprint density at radius 3 is 2.79 bits per heavy atom. The van der Waals surface area contributed by atoms with Crippen molar-refractivity contribution in [2.24, 2.45) is 5.92 Å². The summed E-state index contributed by atoms with van der Waals surface area (Å²) in [5.41, 5.74) is 0.625. The quantitative estimate of drug-likeness (QED) is 0.776. The van der Waals surface area contributed by atoms with Crippen molar-refractivity contribution in [1.29, 1.82) is 0 Å². The highest BCUT2D eigenvalue weighted by Crippen LogP contribution is 2.26. The third-order valence-electron chi connectivity index (χ3n) is 2.88. The van der Waals surface area contributed by atoms with Crippen LogP contribution in [0.4, 0.5) is 5.69 Å². The summed E-state index contributed by atoms with van der Waals surface area (Å²) in [4.78, 5) is 17.4. The zero-order chi connectivity index (χ0) is 14.0. The highest BCUT2D eigenvalue weighted by molar-refractivity contribution is 8.13. The molecule has 1 saturated heterocycles. The maximum Gasteiger partial charge on any atom is 0.232 e. The summed E-state index contributed by atoms with van der Waals surface area (Å²) in [7, 11) is 3.12. The highest BCUT2D eigenvalue weighted by atomic mass is 35.7. The maximum absolute atomic E-state index is 11.9. The van der Waals surface area contributed by atoms with Crippen LogP contribution in [0.5, 0.6) is 5.88 Å². The number of methoxy groups -OCH3 is 1. The van der Waals surface area contributed by atoms with Crippen molar-refractivity contribution in [3.63, 3.8) is 0 Å². The van der Waals surface area contributed by atoms with Gasteiger partial charge in [-0.1, -0.05) is 0 Å². The molecule has 104 valence electrons. The lowest BCUT2D eigenvalue weighted by molar-refractivity contribution is -0.117. The second-order valence-electron chi connectivity index (χ2n) is 4.34. The molecule has 0 radical (unpaired) electrons. The predicted octanol–water partition coefficient (Wildman–Crippen LogP) is 1.01. The zero-order valence-electron chi connectivity index (χ0n) is 10.2. The summed E-state index contributed by atoms with van der Waals surface area (Å²) >= 11 is 0. The summed E-state index contributed by atoms with van der Waals surface area (Å²) < 4.78 is 27.0. The summed E-state index contributed by atoms with van der Waals surface area (Å²) in [5, 5.41) is 0. The minimum absolute atomic E-state index is 0.128. The SMILES string of the molecule is COc1ccc(N2CC(CS(=O)(=O)Cl)CC2=O)cn1. The molecule has 8 heteroatoms. The summed E-state index contributed by atoms with van der Waals surface area (Å²) in [6, 6.07) is 3.36. The van der Waals surface area contributed by atoms with Crippen LogP contribution >= 0.6 is 10.7 Å². The number of pyridine rings is 1. The van der Waals surface area contributed by atoms with Crippen molar-refractivity contribution in [2.75, 3.05) is 24.3 Å². The van der Waals surface area contributed by atoms with Crippen LogP contribution in [0.25, 0.3) is 0 Å². The molecule has 1 aromatic heterocycles. The van der Waals surface area contributed by atoms with E-state index in [9.17, 15) is 13.2 Å². The molecule has 0 bridgehead atoms. The number of carbonyl (C=O) groups excluding carboxylic acids is 1. The average Bonchev–Trinajstić information content (AvgIpc) is 2.68. The van der Waals surface area contributed by atoms with E-state index in [4.69, 9.17) is 15.4 Å². The lowest BCUT2D eigenvalue weighted by Gasteiger charge is -2.16. The molecule has 0 N–H and O–H groups in total. The number of ether oxygens (including phenoxy) is 1. The van der Waals surface area contributed by atoms with Gasteiger partial charge < -0.3 is 9.64 Å². The summed E-state index contributed by atoms with van der Waals surface area (Å²) in [6.07, 6.45) is 1.70. The molecule has 1 amide bonds. The molecular weight excluding hydrogens is 292 g/mol. The van der Waals surface area contributed by atoms with Gasteiger partial charge in [0.1, 0.15) is 0 Å². The van der Waals surface area contributed by atoms with E-state index >= 15 is 0 Å². The Hall–Kier alpha value is -1.34. The normalized spacial score (nSPS) is 19.8. The molecule has 6 nitrogen and oxygen atoms in total. The van der Waals surface area contributed by atoms with Crippen LogP contribution in [0.15, 0.2) is 18.3 Å². The molecule has 19 heavy (non-hydrogen) atoms. The van der Waals surface area contributed by atoms with Crippen LogP contribution in [0.2, 0.25) is 0 Å². The van der Waals surface area contributed by atoms with Gasteiger partial charge in [0.05, 0.1) is 24.7 Å². The Morgan fingerprint density at radius 1 is 1.53 bits per heavy atom. The van der Waals surface area contributed by atoms with Crippen molar-refractivity contribution in [1.82, 2.24) is 4.98 Å². The topological polar surface area (TPSA) is 76.6 Å². The molecule has 0 aromatic carbocycles. The molecule has 1 atom stereocenters. The molecule has 2 heterocycles. The number of rotatable bonds is 4. The molecule has 1 unspecified atom stereocenters. The van der Waals surface area contributed by atoms with Gasteiger partial charge in [-0.15, -0.1) is 0 Å². The van der Waals surface area contributed by atoms with Crippen molar-refractivity contribution in [3.05, 3.63) is 18.3 Å². The molecular formula is C11H13ClN2O4S. The first-order chi connectivity index (χ1) is 8.89. The number of anilines is 1. The molecule has 0 spiro atoms. The van der Waals surface area contributed by atoms with E-state index in [0.717, 1.165) is 0 Å². The molecule has 0 aliphatic carbocycles. The van der Waals surface area contributed by atoms with Crippen molar-refractivity contribution >= 4 is 31.3 Å². The fourth-order valence-electron chi connectivity index (χ4n) is 2.08. The van der Waals surface area contributed by atoms with Gasteiger partial charge >= 0.3 is 0 Å². The Labute approximate surface area is 115 Å². The van der Waals surface area contributed by atoms with E-state index in [0.29, 0.717) is 18.1 Å². The maximum atomic E-state index is 11.9. The molecule has 0 saturated carbocycles. The number of aromatic nitrogens is 1. The second kappa shape index (κ2) is 5.34. The monoisotopic (exact) mass is 304 g/mol. The van der Waals surface area contributed by atoms with Crippen molar-refractivity contribution < 1.29 is 17.9 Å². The van der Waals surface area contributed by atoms with E-state index < -0.39 is 9.05 Å². The van der Waals surface area contributed by atoms with Gasteiger partial charge in [0.25, 0.3) is 0 Å². The van der Waals surface area contributed by atoms with Gasteiger partial charge in [0, 0.05) is 35.6 Å². The minimum atomic E-state index is -3.59. The second-order valence-corrected chi connectivity index (χ2v) is 7.16. The van der Waals surface area contributed by atoms with Gasteiger partial charge in [-0.05, 0) is 6.07 Å². The Kier molecular flexibility index (Phi) is 3.96. The number of amides is 1. The first kappa shape index (κ1) is 14.1. The fourth-order valence-corrected chi connectivity index (χ4v) is 3.40. The Morgan fingerprint density at radius 2 is 2.26 bits per heavy atom. The Balaban J connectivity index is 2.11. The standard InChI is InChI=1S/C11H13ClN2O4S/c1-18-10-3-2-9(5-13-10)14-6-8(4-11(14)15)7-19(12,16)17/h2-3,5,8H,4,6-7H2,1H3. The van der Waals surface area contributed by atoms with Crippen LogP contribution < -0.4 is 9.64 Å². The highest BCUT2D eigenvalue weighted by Gasteiger charge is 2.33. The summed E-state index contributed by atoms with van der Waals surface area (Å²) in [5.74, 6) is -0.148. The number of carbonyl (C=O) groups is 1. The fraction of sp³-hybridized carbons (Fsp3) is 0.455. The number of hydrogen-bond donors (Lipinski definition) is 0. The first-order valence-corrected chi connectivity index (χ1v) is 8.09. The van der Waals surface area contributed by atoms with Gasteiger partial charge in [0.15, 0.2) is 0 Å². The number of halogens is 1. The van der Waals surface area contributed by atoms with E-state index in [1.54, 1.807) is 12.1 Å². The van der Waals surface area contributed by atoms with Crippen LogP contribution in [0.1, 0.15) is 6.42 Å². The van der Waals surface area contributed by atoms with Gasteiger partial charge in [-0.2, -0.15) is 0 Å². The lowest BCUT2D eigenvalue weighted by Crippen LogP contribution is -2.25. The number of nitrogens with zero attached hydrogens (tertiary/aromatic N) is 2. The van der Waals surface area contributed by atoms with Crippen LogP contribution in [0, 0.1) is 5.92 Å². The molecule has 1 fully saturated rings. The lowest BCUT2D eigenvalue weighted by atomic mass is 10.1. The third-order valence-corrected chi connectivity index (χ3v) is 4.13. The van der Waals surface area contributed by atoms with Crippen LogP contribution in [0.3, 0.4) is 0 Å². The first-order valence-electron chi connectivity index (χ1n) is 5.62. The molecule has 1 aliphatic heterocycles. The third kappa shape index (κ3) is 3.57. The van der Waals surface area contributed by atoms with E-state index in [2.05, 4.69) is 4.98 Å². The van der Waals surface area contributed by atoms with E-state index in [-0.39, 0.29) is 24.0 Å². The summed E-state index contributed by atoms with van der Waals surface area (Å²) in [6.45, 7) is 0.332. The van der Waals surface area contributed by atoms with Gasteiger partial charge in [-0.3, -0.25) is 4.79 Å². The Bertz CT molecular complexity index is 573. The smallest absolute Gasteiger partial charge is 0.232 e. The predicted molar refractivity (Wildman–Crippen MR) is 70.9 cm³/mol.